The Morgan fingerprint density at radius 2 is 1.91 bits per heavy atom. The van der Waals surface area contributed by atoms with Crippen LogP contribution in [0.15, 0.2) is 47.0 Å². The molecule has 22 heavy (non-hydrogen) atoms. The van der Waals surface area contributed by atoms with Crippen molar-refractivity contribution in [3.05, 3.63) is 53.1 Å². The predicted octanol–water partition coefficient (Wildman–Crippen LogP) is 3.68. The number of hydrogen-bond acceptors (Lipinski definition) is 2. The number of benzene rings is 1. The Balaban J connectivity index is 1.75. The quantitative estimate of drug-likeness (QED) is 0.630. The molecule has 1 fully saturated rings. The molecule has 1 aliphatic heterocycles. The maximum absolute atomic E-state index is 12.3. The topological polar surface area (TPSA) is 46.5 Å². The van der Waals surface area contributed by atoms with Crippen LogP contribution in [0.25, 0.3) is 6.08 Å². The van der Waals surface area contributed by atoms with Crippen molar-refractivity contribution in [2.45, 2.75) is 32.6 Å². The lowest BCUT2D eigenvalue weighted by Gasteiger charge is -2.22. The third-order valence-corrected chi connectivity index (χ3v) is 4.18. The van der Waals surface area contributed by atoms with Crippen LogP contribution in [0.1, 0.15) is 36.8 Å². The Bertz CT molecular complexity index is 693. The lowest BCUT2D eigenvalue weighted by atomic mass is 9.86. The fourth-order valence-corrected chi connectivity index (χ4v) is 2.86. The molecule has 0 bridgehead atoms. The first kappa shape index (κ1) is 14.6. The zero-order valence-electron chi connectivity index (χ0n) is 12.7. The number of dihydropyridines is 1. The molecule has 0 aromatic heterocycles. The molecular weight excluding hydrogens is 274 g/mol. The summed E-state index contributed by atoms with van der Waals surface area (Å²) in [7, 11) is 0. The molecule has 3 rings (SSSR count). The Kier molecular flexibility index (Phi) is 4.14. The van der Waals surface area contributed by atoms with Gasteiger partial charge in [0.05, 0.1) is 0 Å². The van der Waals surface area contributed by atoms with Gasteiger partial charge in [-0.3, -0.25) is 9.59 Å². The number of aryl methyl sites for hydroxylation is 1. The largest absolute Gasteiger partial charge is 0.294 e. The molecule has 112 valence electrons. The third kappa shape index (κ3) is 3.14. The van der Waals surface area contributed by atoms with E-state index >= 15 is 0 Å². The minimum absolute atomic E-state index is 0.188. The number of carbonyl (C=O) groups excluding carboxylic acids is 2. The van der Waals surface area contributed by atoms with E-state index in [0.717, 1.165) is 42.5 Å². The lowest BCUT2D eigenvalue weighted by molar-refractivity contribution is -0.127. The second kappa shape index (κ2) is 6.22. The van der Waals surface area contributed by atoms with E-state index < -0.39 is 5.92 Å². The van der Waals surface area contributed by atoms with Crippen LogP contribution >= 0.6 is 0 Å². The van der Waals surface area contributed by atoms with Crippen LogP contribution in [0.3, 0.4) is 0 Å². The summed E-state index contributed by atoms with van der Waals surface area (Å²) in [6, 6.07) is 7.91. The summed E-state index contributed by atoms with van der Waals surface area (Å²) in [5.41, 5.74) is 4.11. The van der Waals surface area contributed by atoms with E-state index in [2.05, 4.69) is 4.99 Å². The highest BCUT2D eigenvalue weighted by Crippen LogP contribution is 2.27. The molecular formula is C19H19NO2. The number of allylic oxidation sites excluding steroid dienone is 2. The van der Waals surface area contributed by atoms with Crippen LogP contribution in [0.5, 0.6) is 0 Å². The van der Waals surface area contributed by atoms with Gasteiger partial charge in [-0.2, -0.15) is 0 Å². The zero-order valence-corrected chi connectivity index (χ0v) is 12.7. The summed E-state index contributed by atoms with van der Waals surface area (Å²) >= 11 is 0. The van der Waals surface area contributed by atoms with Crippen LogP contribution in [0.4, 0.5) is 0 Å². The van der Waals surface area contributed by atoms with Gasteiger partial charge in [0, 0.05) is 5.71 Å². The maximum atomic E-state index is 12.3. The van der Waals surface area contributed by atoms with Gasteiger partial charge in [0.1, 0.15) is 5.92 Å². The van der Waals surface area contributed by atoms with Gasteiger partial charge in [-0.05, 0) is 49.8 Å². The molecule has 1 aromatic rings. The van der Waals surface area contributed by atoms with Crippen molar-refractivity contribution in [2.24, 2.45) is 10.9 Å². The van der Waals surface area contributed by atoms with Gasteiger partial charge in [0.15, 0.2) is 5.78 Å². The highest BCUT2D eigenvalue weighted by molar-refractivity contribution is 6.18. The molecule has 1 unspecified atom stereocenters. The Morgan fingerprint density at radius 3 is 2.68 bits per heavy atom. The number of amides is 1. The normalized spacial score (nSPS) is 21.3. The van der Waals surface area contributed by atoms with Gasteiger partial charge >= 0.3 is 0 Å². The van der Waals surface area contributed by atoms with Gasteiger partial charge in [0.25, 0.3) is 5.91 Å². The summed E-state index contributed by atoms with van der Waals surface area (Å²) < 4.78 is 0. The Labute approximate surface area is 130 Å². The number of ketones is 1. The number of hydrogen-bond donors (Lipinski definition) is 0. The van der Waals surface area contributed by atoms with Crippen LogP contribution in [0.2, 0.25) is 0 Å². The van der Waals surface area contributed by atoms with E-state index in [1.165, 1.54) is 11.6 Å². The van der Waals surface area contributed by atoms with E-state index in [4.69, 9.17) is 0 Å². The molecule has 1 amide bonds. The first-order valence-corrected chi connectivity index (χ1v) is 7.74. The SMILES string of the molecule is Cc1ccc(/C=C/C(=O)C2C=C3CCCCC3=NC2=O)cc1. The summed E-state index contributed by atoms with van der Waals surface area (Å²) in [6.45, 7) is 2.02. The standard InChI is InChI=1S/C19H19NO2/c1-13-6-8-14(9-7-13)10-11-18(21)16-12-15-4-2-3-5-17(15)20-19(16)22/h6-12,16H,2-5H2,1H3/b11-10+. The summed E-state index contributed by atoms with van der Waals surface area (Å²) in [4.78, 5) is 28.5. The monoisotopic (exact) mass is 293 g/mol. The molecule has 1 aliphatic carbocycles. The van der Waals surface area contributed by atoms with Crippen LogP contribution in [-0.4, -0.2) is 17.4 Å². The maximum Gasteiger partial charge on any atom is 0.260 e. The molecule has 0 N–H and O–H groups in total. The van der Waals surface area contributed by atoms with Gasteiger partial charge in [-0.15, -0.1) is 0 Å². The number of aliphatic imine (C=N–C) groups is 1. The van der Waals surface area contributed by atoms with Gasteiger partial charge in [-0.1, -0.05) is 42.0 Å². The minimum atomic E-state index is -0.737. The van der Waals surface area contributed by atoms with Crippen molar-refractivity contribution in [3.63, 3.8) is 0 Å². The second-order valence-corrected chi connectivity index (χ2v) is 5.92. The van der Waals surface area contributed by atoms with Crippen molar-refractivity contribution in [1.29, 1.82) is 0 Å². The van der Waals surface area contributed by atoms with Crippen molar-refractivity contribution in [3.8, 4) is 0 Å². The van der Waals surface area contributed by atoms with E-state index in [1.807, 2.05) is 37.3 Å². The Morgan fingerprint density at radius 1 is 1.18 bits per heavy atom. The number of fused-ring (bicyclic) bond motifs is 1. The zero-order chi connectivity index (χ0) is 15.5. The van der Waals surface area contributed by atoms with Crippen molar-refractivity contribution < 1.29 is 9.59 Å². The van der Waals surface area contributed by atoms with Crippen LogP contribution in [-0.2, 0) is 9.59 Å². The van der Waals surface area contributed by atoms with E-state index in [0.29, 0.717) is 0 Å². The van der Waals surface area contributed by atoms with Crippen molar-refractivity contribution >= 4 is 23.5 Å². The van der Waals surface area contributed by atoms with Gasteiger partial charge < -0.3 is 0 Å². The number of rotatable bonds is 3. The average Bonchev–Trinajstić information content (AvgIpc) is 2.53. The van der Waals surface area contributed by atoms with Crippen LogP contribution < -0.4 is 0 Å². The van der Waals surface area contributed by atoms with E-state index in [1.54, 1.807) is 6.08 Å². The number of nitrogens with zero attached hydrogens (tertiary/aromatic N) is 1. The Hall–Kier alpha value is -2.29. The molecule has 1 saturated carbocycles. The second-order valence-electron chi connectivity index (χ2n) is 5.92. The van der Waals surface area contributed by atoms with E-state index in [9.17, 15) is 9.59 Å². The van der Waals surface area contributed by atoms with Crippen molar-refractivity contribution in [1.82, 2.24) is 0 Å². The van der Waals surface area contributed by atoms with Gasteiger partial charge in [-0.25, -0.2) is 4.99 Å². The highest BCUT2D eigenvalue weighted by atomic mass is 16.2. The number of carbonyl (C=O) groups is 2. The van der Waals surface area contributed by atoms with Gasteiger partial charge in [0.2, 0.25) is 0 Å². The summed E-state index contributed by atoms with van der Waals surface area (Å²) in [5.74, 6) is -1.25. The minimum Gasteiger partial charge on any atom is -0.294 e. The van der Waals surface area contributed by atoms with Crippen LogP contribution in [0, 0.1) is 12.8 Å². The van der Waals surface area contributed by atoms with E-state index in [-0.39, 0.29) is 11.7 Å². The average molecular weight is 293 g/mol. The third-order valence-electron chi connectivity index (χ3n) is 4.18. The fraction of sp³-hybridized carbons (Fsp3) is 0.316. The molecule has 2 aliphatic rings. The first-order chi connectivity index (χ1) is 10.6. The molecule has 0 saturated heterocycles. The fourth-order valence-electron chi connectivity index (χ4n) is 2.86. The predicted molar refractivity (Wildman–Crippen MR) is 87.7 cm³/mol. The molecule has 1 atom stereocenters. The molecule has 3 heteroatoms. The summed E-state index contributed by atoms with van der Waals surface area (Å²) in [6.07, 6.45) is 9.05. The molecule has 1 heterocycles. The molecule has 0 radical (unpaired) electrons. The molecule has 3 nitrogen and oxygen atoms in total. The highest BCUT2D eigenvalue weighted by Gasteiger charge is 2.29. The molecule has 0 spiro atoms. The summed E-state index contributed by atoms with van der Waals surface area (Å²) in [5, 5.41) is 0. The molecule has 1 aromatic carbocycles. The lowest BCUT2D eigenvalue weighted by Crippen LogP contribution is -2.27. The first-order valence-electron chi connectivity index (χ1n) is 7.74. The smallest absolute Gasteiger partial charge is 0.260 e. The van der Waals surface area contributed by atoms with Crippen molar-refractivity contribution in [2.75, 3.05) is 0 Å².